The third kappa shape index (κ3) is 8.09. The van der Waals surface area contributed by atoms with Gasteiger partial charge in [-0.25, -0.2) is 4.79 Å². The zero-order valence-corrected chi connectivity index (χ0v) is 13.4. The van der Waals surface area contributed by atoms with E-state index in [4.69, 9.17) is 10.5 Å². The van der Waals surface area contributed by atoms with Crippen molar-refractivity contribution in [2.45, 2.75) is 47.1 Å². The molecule has 0 radical (unpaired) electrons. The number of benzene rings is 1. The Morgan fingerprint density at radius 2 is 1.86 bits per heavy atom. The Morgan fingerprint density at radius 1 is 1.24 bits per heavy atom. The average Bonchev–Trinajstić information content (AvgIpc) is 2.55. The molecule has 0 fully saturated rings. The van der Waals surface area contributed by atoms with Crippen LogP contribution in [0.2, 0.25) is 0 Å². The van der Waals surface area contributed by atoms with Crippen molar-refractivity contribution < 1.29 is 14.4 Å². The summed E-state index contributed by atoms with van der Waals surface area (Å²) in [6.07, 6.45) is 1.01. The van der Waals surface area contributed by atoms with Gasteiger partial charge in [0.1, 0.15) is 0 Å². The van der Waals surface area contributed by atoms with Gasteiger partial charge in [0.2, 0.25) is 0 Å². The molecule has 1 aromatic rings. The van der Waals surface area contributed by atoms with Crippen molar-refractivity contribution in [1.82, 2.24) is 0 Å². The minimum absolute atomic E-state index is 0.356. The van der Waals surface area contributed by atoms with Gasteiger partial charge in [0.25, 0.3) is 0 Å². The van der Waals surface area contributed by atoms with Crippen LogP contribution in [0.25, 0.3) is 0 Å². The van der Waals surface area contributed by atoms with Gasteiger partial charge in [-0.2, -0.15) is 0 Å². The van der Waals surface area contributed by atoms with E-state index in [-0.39, 0.29) is 0 Å². The molecule has 0 bridgehead atoms. The number of ether oxygens (including phenoxy) is 1. The van der Waals surface area contributed by atoms with Gasteiger partial charge in [0, 0.05) is 6.54 Å². The maximum absolute atomic E-state index is 11.2. The van der Waals surface area contributed by atoms with Crippen molar-refractivity contribution in [3.63, 3.8) is 0 Å². The van der Waals surface area contributed by atoms with Gasteiger partial charge in [0.15, 0.2) is 0 Å². The van der Waals surface area contributed by atoms with Crippen molar-refractivity contribution in [2.24, 2.45) is 10.9 Å². The van der Waals surface area contributed by atoms with Crippen LogP contribution in [-0.2, 0) is 16.1 Å². The Balaban J connectivity index is 0.00000191. The van der Waals surface area contributed by atoms with Gasteiger partial charge in [-0.3, -0.25) is 4.84 Å². The number of hydrogen-bond donors (Lipinski definition) is 1. The summed E-state index contributed by atoms with van der Waals surface area (Å²) in [5.74, 6) is 0. The summed E-state index contributed by atoms with van der Waals surface area (Å²) in [5.41, 5.74) is 8.04. The topological polar surface area (TPSA) is 73.9 Å². The highest BCUT2D eigenvalue weighted by Crippen LogP contribution is 2.06. The fourth-order valence-corrected chi connectivity index (χ4v) is 1.37. The number of rotatable bonds is 6. The second-order valence-electron chi connectivity index (χ2n) is 4.12. The van der Waals surface area contributed by atoms with Gasteiger partial charge in [-0.05, 0) is 24.5 Å². The monoisotopic (exact) mass is 294 g/mol. The molecule has 0 unspecified atom stereocenters. The van der Waals surface area contributed by atoms with E-state index in [0.717, 1.165) is 24.0 Å². The van der Waals surface area contributed by atoms with Crippen molar-refractivity contribution in [3.05, 3.63) is 35.4 Å². The fraction of sp³-hybridized carbons (Fsp3) is 0.500. The SMILES string of the molecule is CC.CCCCOC(=O)O/N=C(/C)c1ccc(CN)cc1. The number of nitrogens with zero attached hydrogens (tertiary/aromatic N) is 1. The van der Waals surface area contributed by atoms with E-state index >= 15 is 0 Å². The van der Waals surface area contributed by atoms with Gasteiger partial charge in [-0.1, -0.05) is 56.6 Å². The summed E-state index contributed by atoms with van der Waals surface area (Å²) in [7, 11) is 0. The lowest BCUT2D eigenvalue weighted by Crippen LogP contribution is -2.07. The van der Waals surface area contributed by atoms with E-state index in [1.54, 1.807) is 6.92 Å². The van der Waals surface area contributed by atoms with Crippen LogP contribution in [-0.4, -0.2) is 18.5 Å². The Hall–Kier alpha value is -1.88. The minimum atomic E-state index is -0.772. The van der Waals surface area contributed by atoms with Crippen LogP contribution in [0.15, 0.2) is 29.4 Å². The summed E-state index contributed by atoms with van der Waals surface area (Å²) in [6.45, 7) is 8.63. The summed E-state index contributed by atoms with van der Waals surface area (Å²) in [4.78, 5) is 15.8. The summed E-state index contributed by atoms with van der Waals surface area (Å²) in [5, 5.41) is 3.74. The van der Waals surface area contributed by atoms with Crippen LogP contribution in [0.5, 0.6) is 0 Å². The smallest absolute Gasteiger partial charge is 0.433 e. The molecule has 0 atom stereocenters. The van der Waals surface area contributed by atoms with Crippen molar-refractivity contribution in [2.75, 3.05) is 6.61 Å². The summed E-state index contributed by atoms with van der Waals surface area (Å²) >= 11 is 0. The zero-order valence-electron chi connectivity index (χ0n) is 13.4. The average molecular weight is 294 g/mol. The molecule has 0 aliphatic rings. The highest BCUT2D eigenvalue weighted by Gasteiger charge is 2.04. The molecule has 1 aromatic carbocycles. The molecule has 0 spiro atoms. The fourth-order valence-electron chi connectivity index (χ4n) is 1.37. The molecule has 1 rings (SSSR count). The zero-order chi connectivity index (χ0) is 16.1. The van der Waals surface area contributed by atoms with E-state index < -0.39 is 6.16 Å². The molecule has 118 valence electrons. The molecule has 21 heavy (non-hydrogen) atoms. The molecule has 0 amide bonds. The standard InChI is InChI=1S/C14H20N2O3.C2H6/c1-3-4-9-18-14(17)19-16-11(2)13-7-5-12(10-15)6-8-13;1-2/h5-8H,3-4,9-10,15H2,1-2H3;1-2H3/b16-11-;. The molecule has 0 aliphatic carbocycles. The maximum Gasteiger partial charge on any atom is 0.535 e. The normalized spacial score (nSPS) is 10.4. The highest BCUT2D eigenvalue weighted by molar-refractivity contribution is 5.98. The first-order valence-corrected chi connectivity index (χ1v) is 7.35. The van der Waals surface area contributed by atoms with E-state index in [1.165, 1.54) is 0 Å². The lowest BCUT2D eigenvalue weighted by Gasteiger charge is -2.03. The summed E-state index contributed by atoms with van der Waals surface area (Å²) in [6, 6.07) is 7.58. The quantitative estimate of drug-likeness (QED) is 0.284. The Morgan fingerprint density at radius 3 is 2.38 bits per heavy atom. The minimum Gasteiger partial charge on any atom is -0.433 e. The van der Waals surface area contributed by atoms with Crippen LogP contribution in [0.3, 0.4) is 0 Å². The van der Waals surface area contributed by atoms with E-state index in [2.05, 4.69) is 9.99 Å². The molecular formula is C16H26N2O3. The largest absolute Gasteiger partial charge is 0.535 e. The molecule has 0 aromatic heterocycles. The van der Waals surface area contributed by atoms with Gasteiger partial charge in [-0.15, -0.1) is 0 Å². The molecule has 0 saturated carbocycles. The molecule has 0 saturated heterocycles. The van der Waals surface area contributed by atoms with Gasteiger partial charge < -0.3 is 10.5 Å². The molecule has 0 heterocycles. The second-order valence-corrected chi connectivity index (χ2v) is 4.12. The predicted molar refractivity (Wildman–Crippen MR) is 85.2 cm³/mol. The number of unbranched alkanes of at least 4 members (excludes halogenated alkanes) is 1. The van der Waals surface area contributed by atoms with Crippen LogP contribution >= 0.6 is 0 Å². The lowest BCUT2D eigenvalue weighted by molar-refractivity contribution is 0.0565. The number of oxime groups is 1. The van der Waals surface area contributed by atoms with Crippen molar-refractivity contribution >= 4 is 11.9 Å². The number of hydrogen-bond acceptors (Lipinski definition) is 5. The number of carbonyl (C=O) groups excluding carboxylic acids is 1. The Bertz CT molecular complexity index is 428. The van der Waals surface area contributed by atoms with Crippen LogP contribution in [0, 0.1) is 0 Å². The Labute approximate surface area is 127 Å². The number of carbonyl (C=O) groups is 1. The van der Waals surface area contributed by atoms with Crippen molar-refractivity contribution in [1.29, 1.82) is 0 Å². The van der Waals surface area contributed by atoms with Crippen molar-refractivity contribution in [3.8, 4) is 0 Å². The first kappa shape index (κ1) is 19.1. The van der Waals surface area contributed by atoms with Gasteiger partial charge in [0.05, 0.1) is 12.3 Å². The first-order chi connectivity index (χ1) is 10.2. The van der Waals surface area contributed by atoms with E-state index in [0.29, 0.717) is 18.9 Å². The molecule has 5 heteroatoms. The molecule has 0 aliphatic heterocycles. The van der Waals surface area contributed by atoms with Crippen LogP contribution in [0.1, 0.15) is 51.7 Å². The van der Waals surface area contributed by atoms with E-state index in [1.807, 2.05) is 45.0 Å². The lowest BCUT2D eigenvalue weighted by atomic mass is 10.1. The van der Waals surface area contributed by atoms with Gasteiger partial charge >= 0.3 is 6.16 Å². The van der Waals surface area contributed by atoms with Crippen LogP contribution < -0.4 is 5.73 Å². The predicted octanol–water partition coefficient (Wildman–Crippen LogP) is 3.85. The molecular weight excluding hydrogens is 268 g/mol. The number of nitrogens with two attached hydrogens (primary N) is 1. The second kappa shape index (κ2) is 11.9. The summed E-state index contributed by atoms with van der Waals surface area (Å²) < 4.78 is 4.82. The molecule has 5 nitrogen and oxygen atoms in total. The van der Waals surface area contributed by atoms with E-state index in [9.17, 15) is 4.79 Å². The third-order valence-electron chi connectivity index (χ3n) is 2.58. The maximum atomic E-state index is 11.2. The van der Waals surface area contributed by atoms with Crippen LogP contribution in [0.4, 0.5) is 4.79 Å². The first-order valence-electron chi connectivity index (χ1n) is 7.35. The Kier molecular flexibility index (Phi) is 10.8. The molecule has 2 N–H and O–H groups in total. The third-order valence-corrected chi connectivity index (χ3v) is 2.58. The highest BCUT2D eigenvalue weighted by atomic mass is 16.8.